The van der Waals surface area contributed by atoms with Gasteiger partial charge in [-0.2, -0.15) is 18.2 Å². The Balaban J connectivity index is 0.000000745. The Hall–Kier alpha value is -4.16. The van der Waals surface area contributed by atoms with Crippen molar-refractivity contribution in [2.75, 3.05) is 48.0 Å². The number of amides is 3. The molecule has 0 radical (unpaired) electrons. The van der Waals surface area contributed by atoms with Crippen LogP contribution in [0.1, 0.15) is 44.2 Å². The molecule has 2 bridgehead atoms. The van der Waals surface area contributed by atoms with Gasteiger partial charge in [-0.05, 0) is 39.7 Å². The third-order valence-corrected chi connectivity index (χ3v) is 6.28. The van der Waals surface area contributed by atoms with Crippen molar-refractivity contribution >= 4 is 29.3 Å². The van der Waals surface area contributed by atoms with E-state index in [2.05, 4.69) is 43.3 Å². The molecule has 12 nitrogen and oxygen atoms in total. The number of anilines is 3. The molecule has 3 aliphatic rings. The van der Waals surface area contributed by atoms with E-state index in [0.717, 1.165) is 25.1 Å². The van der Waals surface area contributed by atoms with Crippen LogP contribution in [0.4, 0.5) is 35.3 Å². The van der Waals surface area contributed by atoms with Crippen LogP contribution >= 0.6 is 0 Å². The van der Waals surface area contributed by atoms with Gasteiger partial charge in [-0.1, -0.05) is 6.07 Å². The Morgan fingerprint density at radius 3 is 2.64 bits per heavy atom. The number of hydrogen-bond donors (Lipinski definition) is 2. The van der Waals surface area contributed by atoms with E-state index in [-0.39, 0.29) is 36.5 Å². The van der Waals surface area contributed by atoms with Gasteiger partial charge in [0.05, 0.1) is 24.5 Å². The molecule has 2 fully saturated rings. The summed E-state index contributed by atoms with van der Waals surface area (Å²) in [5.74, 6) is 0.164. The molecular formula is C27H34F3N7O5. The van der Waals surface area contributed by atoms with Gasteiger partial charge in [-0.3, -0.25) is 15.0 Å². The molecule has 0 saturated carbocycles. The molecule has 2 atom stereocenters. The van der Waals surface area contributed by atoms with Gasteiger partial charge in [0.1, 0.15) is 18.5 Å². The highest BCUT2D eigenvalue weighted by Crippen LogP contribution is 2.37. The molecule has 0 spiro atoms. The first-order valence-corrected chi connectivity index (χ1v) is 13.2. The topological polar surface area (TPSA) is 131 Å². The second-order valence-corrected chi connectivity index (χ2v) is 9.67. The van der Waals surface area contributed by atoms with Crippen molar-refractivity contribution in [1.82, 2.24) is 20.3 Å². The number of aromatic nitrogens is 3. The van der Waals surface area contributed by atoms with Gasteiger partial charge in [0.15, 0.2) is 11.6 Å². The second-order valence-electron chi connectivity index (χ2n) is 9.67. The molecule has 2 unspecified atom stereocenters. The summed E-state index contributed by atoms with van der Waals surface area (Å²) in [7, 11) is 0. The Labute approximate surface area is 241 Å². The first-order valence-electron chi connectivity index (χ1n) is 13.2. The van der Waals surface area contributed by atoms with Crippen LogP contribution < -0.4 is 25.2 Å². The number of pyridine rings is 1. The maximum atomic E-state index is 13.5. The Morgan fingerprint density at radius 2 is 1.98 bits per heavy atom. The predicted octanol–water partition coefficient (Wildman–Crippen LogP) is 3.60. The van der Waals surface area contributed by atoms with Crippen molar-refractivity contribution in [3.63, 3.8) is 0 Å². The van der Waals surface area contributed by atoms with Gasteiger partial charge in [-0.25, -0.2) is 14.8 Å². The number of alkyl halides is 3. The SMILES string of the molecule is C#C.CCNC(=O)c1ncc2c(n1)N(C(=O)Nc1cccc(OCC3COC(C)(C)O3)n1)C1CCCN2C1.FC(F)F. The molecule has 42 heavy (non-hydrogen) atoms. The smallest absolute Gasteiger partial charge is 0.379 e. The van der Waals surface area contributed by atoms with Gasteiger partial charge in [0.2, 0.25) is 11.7 Å². The number of rotatable bonds is 6. The lowest BCUT2D eigenvalue weighted by Crippen LogP contribution is -2.56. The summed E-state index contributed by atoms with van der Waals surface area (Å²) >= 11 is 0. The highest BCUT2D eigenvalue weighted by Gasteiger charge is 2.39. The largest absolute Gasteiger partial charge is 0.475 e. The third kappa shape index (κ3) is 8.43. The minimum Gasteiger partial charge on any atom is -0.475 e. The molecular weight excluding hydrogens is 559 g/mol. The lowest BCUT2D eigenvalue weighted by atomic mass is 10.0. The van der Waals surface area contributed by atoms with Crippen molar-refractivity contribution < 1.29 is 37.0 Å². The van der Waals surface area contributed by atoms with Gasteiger partial charge >= 0.3 is 12.7 Å². The third-order valence-electron chi connectivity index (χ3n) is 6.28. The highest BCUT2D eigenvalue weighted by atomic mass is 19.4. The zero-order valence-electron chi connectivity index (χ0n) is 23.6. The molecule has 3 amide bonds. The van der Waals surface area contributed by atoms with Gasteiger partial charge in [0, 0.05) is 25.7 Å². The lowest BCUT2D eigenvalue weighted by Gasteiger charge is -2.45. The first kappa shape index (κ1) is 32.4. The van der Waals surface area contributed by atoms with E-state index >= 15 is 0 Å². The number of halogens is 3. The summed E-state index contributed by atoms with van der Waals surface area (Å²) in [6.45, 7) is 4.59. The molecule has 15 heteroatoms. The zero-order valence-corrected chi connectivity index (χ0v) is 23.6. The Morgan fingerprint density at radius 1 is 1.24 bits per heavy atom. The maximum absolute atomic E-state index is 13.5. The van der Waals surface area contributed by atoms with E-state index in [0.29, 0.717) is 37.2 Å². The fourth-order valence-electron chi connectivity index (χ4n) is 4.69. The quantitative estimate of drug-likeness (QED) is 0.483. The standard InChI is InChI=1S/C24H31N7O5.C2H2.CHF3/c1-4-25-22(32)20-26-11-17-21(29-20)31(15-7-6-10-30(17)12-15)23(33)28-18-8-5-9-19(27-18)34-13-16-14-35-24(2,3)36-16;1-2;2-1(3)4/h5,8-9,11,15-16H,4,6-7,10,12-14H2,1-3H3,(H,25,32)(H,27,28,33);1-2H;1H. The molecule has 2 aromatic rings. The fraction of sp³-hybridized carbons (Fsp3) is 0.519. The molecule has 2 saturated heterocycles. The summed E-state index contributed by atoms with van der Waals surface area (Å²) < 4.78 is 46.1. The molecule has 3 aliphatic heterocycles. The number of terminal acetylenes is 1. The predicted molar refractivity (Wildman–Crippen MR) is 148 cm³/mol. The van der Waals surface area contributed by atoms with Crippen LogP contribution in [0.15, 0.2) is 24.4 Å². The monoisotopic (exact) mass is 593 g/mol. The van der Waals surface area contributed by atoms with Crippen LogP contribution in [0.3, 0.4) is 0 Å². The number of carbonyl (C=O) groups excluding carboxylic acids is 2. The molecule has 2 aromatic heterocycles. The van der Waals surface area contributed by atoms with E-state index in [9.17, 15) is 22.8 Å². The van der Waals surface area contributed by atoms with Crippen molar-refractivity contribution in [3.05, 3.63) is 30.2 Å². The molecule has 228 valence electrons. The number of hydrogen-bond acceptors (Lipinski definition) is 9. The van der Waals surface area contributed by atoms with Crippen LogP contribution in [0.2, 0.25) is 0 Å². The highest BCUT2D eigenvalue weighted by molar-refractivity contribution is 6.04. The van der Waals surface area contributed by atoms with Crippen LogP contribution in [0.5, 0.6) is 5.88 Å². The van der Waals surface area contributed by atoms with Crippen LogP contribution in [0, 0.1) is 12.8 Å². The number of piperidine rings is 1. The van der Waals surface area contributed by atoms with Crippen LogP contribution in [0.25, 0.3) is 0 Å². The van der Waals surface area contributed by atoms with E-state index in [1.165, 1.54) is 0 Å². The molecule has 0 aliphatic carbocycles. The van der Waals surface area contributed by atoms with E-state index in [4.69, 9.17) is 14.2 Å². The van der Waals surface area contributed by atoms with E-state index in [1.54, 1.807) is 29.3 Å². The second kappa shape index (κ2) is 14.6. The molecule has 0 aromatic carbocycles. The number of fused-ring (bicyclic) bond motifs is 4. The van der Waals surface area contributed by atoms with Gasteiger partial charge in [0.25, 0.3) is 5.91 Å². The van der Waals surface area contributed by atoms with Crippen molar-refractivity contribution in [1.29, 1.82) is 0 Å². The minimum absolute atomic E-state index is 0.0318. The summed E-state index contributed by atoms with van der Waals surface area (Å²) in [4.78, 5) is 42.8. The molecule has 5 heterocycles. The van der Waals surface area contributed by atoms with Crippen LogP contribution in [-0.2, 0) is 9.47 Å². The minimum atomic E-state index is -3.67. The number of ether oxygens (including phenoxy) is 3. The molecule has 5 rings (SSSR count). The fourth-order valence-corrected chi connectivity index (χ4v) is 4.69. The summed E-state index contributed by atoms with van der Waals surface area (Å²) in [6.07, 6.45) is 11.2. The lowest BCUT2D eigenvalue weighted by molar-refractivity contribution is -0.141. The summed E-state index contributed by atoms with van der Waals surface area (Å²) in [5, 5.41) is 5.58. The number of nitrogens with one attached hydrogen (secondary N) is 2. The van der Waals surface area contributed by atoms with Gasteiger partial charge < -0.3 is 24.4 Å². The van der Waals surface area contributed by atoms with Crippen molar-refractivity contribution in [2.45, 2.75) is 58.2 Å². The van der Waals surface area contributed by atoms with Crippen LogP contribution in [-0.4, -0.2) is 84.4 Å². The summed E-state index contributed by atoms with van der Waals surface area (Å²) in [6, 6.07) is 4.72. The van der Waals surface area contributed by atoms with Crippen molar-refractivity contribution in [2.24, 2.45) is 0 Å². The normalized spacial score (nSPS) is 19.8. The average molecular weight is 594 g/mol. The Bertz CT molecular complexity index is 1250. The summed E-state index contributed by atoms with van der Waals surface area (Å²) in [5.41, 5.74) is 0.737. The molecule has 2 N–H and O–H groups in total. The van der Waals surface area contributed by atoms with Gasteiger partial charge in [-0.15, -0.1) is 12.8 Å². The first-order chi connectivity index (χ1) is 20.1. The van der Waals surface area contributed by atoms with E-state index in [1.807, 2.05) is 20.8 Å². The van der Waals surface area contributed by atoms with E-state index < -0.39 is 12.5 Å². The van der Waals surface area contributed by atoms with Crippen molar-refractivity contribution in [3.8, 4) is 18.7 Å². The Kier molecular flexibility index (Phi) is 11.3. The average Bonchev–Trinajstić information content (AvgIpc) is 3.31. The zero-order chi connectivity index (χ0) is 30.9. The number of nitrogens with zero attached hydrogens (tertiary/aromatic N) is 5. The number of carbonyl (C=O) groups is 2. The maximum Gasteiger partial charge on any atom is 0.379 e. The number of urea groups is 1.